The van der Waals surface area contributed by atoms with E-state index in [-0.39, 0.29) is 6.42 Å². The Balaban J connectivity index is 2.70. The van der Waals surface area contributed by atoms with Gasteiger partial charge in [-0.05, 0) is 37.8 Å². The number of ether oxygens (including phenoxy) is 1. The number of carboxylic acid groups (broad SMARTS) is 1. The Labute approximate surface area is 96.1 Å². The zero-order valence-electron chi connectivity index (χ0n) is 9.82. The van der Waals surface area contributed by atoms with Gasteiger partial charge < -0.3 is 9.84 Å². The fourth-order valence-electron chi connectivity index (χ4n) is 1.69. The molecule has 16 heavy (non-hydrogen) atoms. The van der Waals surface area contributed by atoms with E-state index in [9.17, 15) is 4.79 Å². The second-order valence-electron chi connectivity index (χ2n) is 3.74. The zero-order chi connectivity index (χ0) is 12.0. The molecule has 0 heterocycles. The fourth-order valence-corrected chi connectivity index (χ4v) is 1.69. The Bertz CT molecular complexity index is 358. The number of aliphatic carboxylic acids is 1. The molecular formula is C13H18O3. The minimum Gasteiger partial charge on any atom is -0.493 e. The van der Waals surface area contributed by atoms with Crippen molar-refractivity contribution in [1.82, 2.24) is 0 Å². The first-order valence-electron chi connectivity index (χ1n) is 5.58. The van der Waals surface area contributed by atoms with Gasteiger partial charge in [-0.25, -0.2) is 0 Å². The lowest BCUT2D eigenvalue weighted by atomic mass is 10.0. The van der Waals surface area contributed by atoms with Crippen molar-refractivity contribution in [2.75, 3.05) is 6.61 Å². The summed E-state index contributed by atoms with van der Waals surface area (Å²) in [6.07, 6.45) is 1.61. The molecule has 0 saturated heterocycles. The van der Waals surface area contributed by atoms with Crippen molar-refractivity contribution < 1.29 is 14.6 Å². The Morgan fingerprint density at radius 3 is 2.81 bits per heavy atom. The Hall–Kier alpha value is -1.51. The maximum atomic E-state index is 10.4. The second kappa shape index (κ2) is 6.16. The summed E-state index contributed by atoms with van der Waals surface area (Å²) in [5.41, 5.74) is 2.21. The molecule has 3 nitrogen and oxygen atoms in total. The average molecular weight is 222 g/mol. The van der Waals surface area contributed by atoms with Gasteiger partial charge in [0.2, 0.25) is 0 Å². The number of benzene rings is 1. The molecule has 0 fully saturated rings. The van der Waals surface area contributed by atoms with Gasteiger partial charge in [-0.15, -0.1) is 0 Å². The molecule has 0 aliphatic rings. The van der Waals surface area contributed by atoms with Crippen molar-refractivity contribution in [3.63, 3.8) is 0 Å². The maximum Gasteiger partial charge on any atom is 0.303 e. The minimum absolute atomic E-state index is 0.208. The van der Waals surface area contributed by atoms with Crippen molar-refractivity contribution in [2.45, 2.75) is 33.1 Å². The van der Waals surface area contributed by atoms with Gasteiger partial charge in [0, 0.05) is 6.42 Å². The maximum absolute atomic E-state index is 10.4. The van der Waals surface area contributed by atoms with Crippen molar-refractivity contribution >= 4 is 5.97 Å². The van der Waals surface area contributed by atoms with Gasteiger partial charge >= 0.3 is 5.97 Å². The molecule has 3 heteroatoms. The summed E-state index contributed by atoms with van der Waals surface area (Å²) in [5, 5.41) is 8.59. The van der Waals surface area contributed by atoms with Crippen molar-refractivity contribution in [1.29, 1.82) is 0 Å². The molecule has 0 aliphatic carbocycles. The molecule has 1 aromatic carbocycles. The second-order valence-corrected chi connectivity index (χ2v) is 3.74. The van der Waals surface area contributed by atoms with Crippen LogP contribution in [0.5, 0.6) is 5.75 Å². The third kappa shape index (κ3) is 3.57. The van der Waals surface area contributed by atoms with Gasteiger partial charge in [-0.3, -0.25) is 4.79 Å². The monoisotopic (exact) mass is 222 g/mol. The van der Waals surface area contributed by atoms with Crippen LogP contribution >= 0.6 is 0 Å². The number of para-hydroxylation sites is 1. The Morgan fingerprint density at radius 1 is 1.44 bits per heavy atom. The summed E-state index contributed by atoms with van der Waals surface area (Å²) in [6.45, 7) is 4.59. The lowest BCUT2D eigenvalue weighted by Crippen LogP contribution is -2.01. The number of carbonyl (C=O) groups is 1. The lowest BCUT2D eigenvalue weighted by Gasteiger charge is -2.12. The van der Waals surface area contributed by atoms with Gasteiger partial charge in [0.15, 0.2) is 0 Å². The highest BCUT2D eigenvalue weighted by Gasteiger charge is 2.07. The van der Waals surface area contributed by atoms with E-state index >= 15 is 0 Å². The highest BCUT2D eigenvalue weighted by molar-refractivity contribution is 5.66. The van der Waals surface area contributed by atoms with Gasteiger partial charge in [-0.2, -0.15) is 0 Å². The molecule has 0 spiro atoms. The van der Waals surface area contributed by atoms with Crippen LogP contribution < -0.4 is 4.74 Å². The molecule has 0 aliphatic heterocycles. The molecule has 1 rings (SSSR count). The molecule has 0 atom stereocenters. The fraction of sp³-hybridized carbons (Fsp3) is 0.462. The van der Waals surface area contributed by atoms with E-state index in [1.165, 1.54) is 0 Å². The van der Waals surface area contributed by atoms with Crippen LogP contribution in [0.15, 0.2) is 18.2 Å². The zero-order valence-corrected chi connectivity index (χ0v) is 9.82. The summed E-state index contributed by atoms with van der Waals surface area (Å²) >= 11 is 0. The molecule has 1 N–H and O–H groups in total. The van der Waals surface area contributed by atoms with E-state index in [4.69, 9.17) is 9.84 Å². The van der Waals surface area contributed by atoms with Crippen LogP contribution in [0, 0.1) is 6.92 Å². The van der Waals surface area contributed by atoms with Gasteiger partial charge in [0.25, 0.3) is 0 Å². The first-order valence-corrected chi connectivity index (χ1v) is 5.58. The summed E-state index contributed by atoms with van der Waals surface area (Å²) in [7, 11) is 0. The number of hydrogen-bond acceptors (Lipinski definition) is 2. The third-order valence-electron chi connectivity index (χ3n) is 2.42. The quantitative estimate of drug-likeness (QED) is 0.805. The van der Waals surface area contributed by atoms with Crippen molar-refractivity contribution in [2.24, 2.45) is 0 Å². The predicted octanol–water partition coefficient (Wildman–Crippen LogP) is 2.80. The van der Waals surface area contributed by atoms with Crippen LogP contribution in [0.2, 0.25) is 0 Å². The van der Waals surface area contributed by atoms with Gasteiger partial charge in [0.1, 0.15) is 5.75 Å². The van der Waals surface area contributed by atoms with E-state index in [2.05, 4.69) is 0 Å². The van der Waals surface area contributed by atoms with Crippen LogP contribution in [-0.2, 0) is 11.2 Å². The van der Waals surface area contributed by atoms with E-state index in [0.717, 1.165) is 23.3 Å². The van der Waals surface area contributed by atoms with Crippen LogP contribution in [0.1, 0.15) is 30.9 Å². The molecule has 0 amide bonds. The number of hydrogen-bond donors (Lipinski definition) is 1. The highest BCUT2D eigenvalue weighted by atomic mass is 16.5. The summed E-state index contributed by atoms with van der Waals surface area (Å²) in [6, 6.07) is 5.99. The standard InChI is InChI=1S/C13H18O3/c1-3-16-13-10(2)6-4-7-11(13)8-5-9-12(14)15/h4,6-7H,3,5,8-9H2,1-2H3,(H,14,15). The largest absolute Gasteiger partial charge is 0.493 e. The summed E-state index contributed by atoms with van der Waals surface area (Å²) in [4.78, 5) is 10.4. The normalized spacial score (nSPS) is 10.1. The highest BCUT2D eigenvalue weighted by Crippen LogP contribution is 2.24. The molecule has 0 aromatic heterocycles. The van der Waals surface area contributed by atoms with Gasteiger partial charge in [-0.1, -0.05) is 18.2 Å². The first-order chi connectivity index (χ1) is 7.65. The predicted molar refractivity (Wildman–Crippen MR) is 62.9 cm³/mol. The number of aryl methyl sites for hydroxylation is 2. The molecule has 1 aromatic rings. The average Bonchev–Trinajstić information content (AvgIpc) is 2.22. The lowest BCUT2D eigenvalue weighted by molar-refractivity contribution is -0.137. The molecular weight excluding hydrogens is 204 g/mol. The third-order valence-corrected chi connectivity index (χ3v) is 2.42. The smallest absolute Gasteiger partial charge is 0.303 e. The summed E-state index contributed by atoms with van der Waals surface area (Å²) < 4.78 is 5.58. The number of rotatable bonds is 6. The Morgan fingerprint density at radius 2 is 2.19 bits per heavy atom. The van der Waals surface area contributed by atoms with Crippen LogP contribution in [0.4, 0.5) is 0 Å². The van der Waals surface area contributed by atoms with Gasteiger partial charge in [0.05, 0.1) is 6.61 Å². The molecule has 0 unspecified atom stereocenters. The SMILES string of the molecule is CCOc1c(C)cccc1CCCC(=O)O. The summed E-state index contributed by atoms with van der Waals surface area (Å²) in [5.74, 6) is 0.168. The van der Waals surface area contributed by atoms with Crippen molar-refractivity contribution in [3.8, 4) is 5.75 Å². The van der Waals surface area contributed by atoms with E-state index in [1.807, 2.05) is 32.0 Å². The molecule has 88 valence electrons. The molecule has 0 radical (unpaired) electrons. The van der Waals surface area contributed by atoms with E-state index < -0.39 is 5.97 Å². The van der Waals surface area contributed by atoms with E-state index in [0.29, 0.717) is 13.0 Å². The minimum atomic E-state index is -0.745. The van der Waals surface area contributed by atoms with Crippen LogP contribution in [0.25, 0.3) is 0 Å². The van der Waals surface area contributed by atoms with E-state index in [1.54, 1.807) is 0 Å². The topological polar surface area (TPSA) is 46.5 Å². The Kier molecular flexibility index (Phi) is 4.83. The number of carboxylic acids is 1. The van der Waals surface area contributed by atoms with Crippen molar-refractivity contribution in [3.05, 3.63) is 29.3 Å². The van der Waals surface area contributed by atoms with Crippen LogP contribution in [-0.4, -0.2) is 17.7 Å². The molecule has 0 saturated carbocycles. The molecule has 0 bridgehead atoms. The first kappa shape index (κ1) is 12.6. The van der Waals surface area contributed by atoms with Crippen LogP contribution in [0.3, 0.4) is 0 Å².